The lowest BCUT2D eigenvalue weighted by Gasteiger charge is -2.11. The summed E-state index contributed by atoms with van der Waals surface area (Å²) in [6.45, 7) is 0.447. The normalized spacial score (nSPS) is 16.3. The highest BCUT2D eigenvalue weighted by molar-refractivity contribution is 7.17. The smallest absolute Gasteiger partial charge is 0.266 e. The second-order valence-electron chi connectivity index (χ2n) is 5.77. The van der Waals surface area contributed by atoms with E-state index in [1.807, 2.05) is 29.6 Å². The van der Waals surface area contributed by atoms with Gasteiger partial charge in [-0.15, -0.1) is 11.3 Å². The van der Waals surface area contributed by atoms with Gasteiger partial charge in [0.1, 0.15) is 22.7 Å². The molecule has 0 saturated carbocycles. The summed E-state index contributed by atoms with van der Waals surface area (Å²) >= 11 is 7.54. The van der Waals surface area contributed by atoms with Crippen LogP contribution in [0.25, 0.3) is 21.3 Å². The number of nitrogens with two attached hydrogens (primary N) is 1. The van der Waals surface area contributed by atoms with Gasteiger partial charge in [0, 0.05) is 22.4 Å². The summed E-state index contributed by atoms with van der Waals surface area (Å²) in [5.41, 5.74) is 7.55. The van der Waals surface area contributed by atoms with Crippen LogP contribution in [0.3, 0.4) is 0 Å². The molecule has 0 spiro atoms. The average molecular weight is 388 g/mol. The number of thiophene rings is 1. The number of oxime groups is 1. The van der Waals surface area contributed by atoms with Gasteiger partial charge in [-0.25, -0.2) is 9.97 Å². The van der Waals surface area contributed by atoms with E-state index < -0.39 is 5.91 Å². The number of anilines is 1. The fourth-order valence-electron chi connectivity index (χ4n) is 2.74. The number of hydrogen-bond acceptors (Lipinski definition) is 7. The molecular weight excluding hydrogens is 374 g/mol. The van der Waals surface area contributed by atoms with Gasteiger partial charge in [-0.2, -0.15) is 0 Å². The molecule has 132 valence electrons. The minimum atomic E-state index is -0.556. The summed E-state index contributed by atoms with van der Waals surface area (Å²) in [6, 6.07) is 7.64. The number of carbonyl (C=O) groups excluding carboxylic acids is 1. The zero-order valence-corrected chi connectivity index (χ0v) is 15.0. The second-order valence-corrected chi connectivity index (χ2v) is 7.07. The molecule has 9 heteroatoms. The Morgan fingerprint density at radius 3 is 2.88 bits per heavy atom. The highest BCUT2D eigenvalue weighted by atomic mass is 35.5. The number of nitrogens with one attached hydrogen (secondary N) is 1. The van der Waals surface area contributed by atoms with Crippen molar-refractivity contribution in [2.45, 2.75) is 12.5 Å². The van der Waals surface area contributed by atoms with Gasteiger partial charge in [-0.3, -0.25) is 4.79 Å². The van der Waals surface area contributed by atoms with Crippen LogP contribution in [-0.4, -0.2) is 34.2 Å². The van der Waals surface area contributed by atoms with Gasteiger partial charge in [-0.1, -0.05) is 28.9 Å². The van der Waals surface area contributed by atoms with Crippen molar-refractivity contribution in [3.05, 3.63) is 41.0 Å². The first-order chi connectivity index (χ1) is 12.6. The molecule has 0 saturated heterocycles. The summed E-state index contributed by atoms with van der Waals surface area (Å²) in [5, 5.41) is 10.7. The predicted octanol–water partition coefficient (Wildman–Crippen LogP) is 3.05. The first-order valence-electron chi connectivity index (χ1n) is 7.86. The highest BCUT2D eigenvalue weighted by Gasteiger charge is 2.25. The monoisotopic (exact) mass is 387 g/mol. The number of amides is 1. The molecule has 1 unspecified atom stereocenters. The standard InChI is InChI=1S/C17H14ClN5O2S/c18-10-3-1-9(2-4-10)12-7-26-17-14(12)16(21-8-22-17)20-6-11-5-13(15(19)24)23-25-11/h1-4,7-8,11H,5-6H2,(H2,19,24)(H,20,21,22). The minimum absolute atomic E-state index is 0.252. The van der Waals surface area contributed by atoms with Crippen molar-refractivity contribution in [2.75, 3.05) is 11.9 Å². The van der Waals surface area contributed by atoms with Crippen molar-refractivity contribution in [1.82, 2.24) is 9.97 Å². The number of hydrogen-bond donors (Lipinski definition) is 2. The quantitative estimate of drug-likeness (QED) is 0.700. The molecule has 2 aromatic heterocycles. The molecule has 1 aliphatic rings. The number of primary amides is 1. The third-order valence-electron chi connectivity index (χ3n) is 4.04. The van der Waals surface area contributed by atoms with E-state index >= 15 is 0 Å². The molecular formula is C17H14ClN5O2S. The summed E-state index contributed by atoms with van der Waals surface area (Å²) in [6.07, 6.45) is 1.64. The summed E-state index contributed by atoms with van der Waals surface area (Å²) in [5.74, 6) is 0.150. The molecule has 1 atom stereocenters. The molecule has 0 bridgehead atoms. The maximum Gasteiger partial charge on any atom is 0.266 e. The van der Waals surface area contributed by atoms with Crippen LogP contribution in [0.2, 0.25) is 5.02 Å². The Balaban J connectivity index is 1.59. The molecule has 1 amide bonds. The maximum atomic E-state index is 11.1. The molecule has 7 nitrogen and oxygen atoms in total. The van der Waals surface area contributed by atoms with Gasteiger partial charge in [0.25, 0.3) is 5.91 Å². The fraction of sp³-hybridized carbons (Fsp3) is 0.176. The van der Waals surface area contributed by atoms with Crippen LogP contribution in [0, 0.1) is 0 Å². The first-order valence-corrected chi connectivity index (χ1v) is 9.12. The van der Waals surface area contributed by atoms with Gasteiger partial charge < -0.3 is 15.9 Å². The van der Waals surface area contributed by atoms with E-state index in [1.54, 1.807) is 11.3 Å². The molecule has 0 aliphatic carbocycles. The van der Waals surface area contributed by atoms with Crippen LogP contribution in [0.1, 0.15) is 6.42 Å². The minimum Gasteiger partial charge on any atom is -0.390 e. The maximum absolute atomic E-state index is 11.1. The van der Waals surface area contributed by atoms with Crippen LogP contribution < -0.4 is 11.1 Å². The summed E-state index contributed by atoms with van der Waals surface area (Å²) < 4.78 is 0. The van der Waals surface area contributed by atoms with E-state index in [2.05, 4.69) is 20.4 Å². The number of rotatable bonds is 5. The molecule has 4 rings (SSSR count). The SMILES string of the molecule is NC(=O)C1=NOC(CNc2ncnc3scc(-c4ccc(Cl)cc4)c23)C1. The molecule has 3 aromatic rings. The van der Waals surface area contributed by atoms with Crippen molar-refractivity contribution >= 4 is 50.6 Å². The largest absolute Gasteiger partial charge is 0.390 e. The lowest BCUT2D eigenvalue weighted by atomic mass is 10.1. The van der Waals surface area contributed by atoms with Gasteiger partial charge in [0.05, 0.1) is 11.9 Å². The van der Waals surface area contributed by atoms with E-state index in [9.17, 15) is 4.79 Å². The molecule has 1 aromatic carbocycles. The van der Waals surface area contributed by atoms with E-state index in [0.29, 0.717) is 23.8 Å². The van der Waals surface area contributed by atoms with Crippen molar-refractivity contribution < 1.29 is 9.63 Å². The van der Waals surface area contributed by atoms with Gasteiger partial charge in [0.15, 0.2) is 6.10 Å². The van der Waals surface area contributed by atoms with Gasteiger partial charge >= 0.3 is 0 Å². The Morgan fingerprint density at radius 2 is 2.15 bits per heavy atom. The van der Waals surface area contributed by atoms with E-state index in [4.69, 9.17) is 22.2 Å². The van der Waals surface area contributed by atoms with Crippen LogP contribution in [0.4, 0.5) is 5.82 Å². The number of aromatic nitrogens is 2. The zero-order valence-electron chi connectivity index (χ0n) is 13.5. The average Bonchev–Trinajstić information content (AvgIpc) is 3.28. The Bertz CT molecular complexity index is 1000. The van der Waals surface area contributed by atoms with E-state index in [-0.39, 0.29) is 11.8 Å². The Hall–Kier alpha value is -2.71. The summed E-state index contributed by atoms with van der Waals surface area (Å²) in [4.78, 5) is 26.0. The Morgan fingerprint density at radius 1 is 1.35 bits per heavy atom. The van der Waals surface area contributed by atoms with Crippen LogP contribution in [0.15, 0.2) is 41.1 Å². The molecule has 0 fully saturated rings. The van der Waals surface area contributed by atoms with E-state index in [1.165, 1.54) is 6.33 Å². The van der Waals surface area contributed by atoms with Crippen molar-refractivity contribution in [3.63, 3.8) is 0 Å². The lowest BCUT2D eigenvalue weighted by molar-refractivity contribution is -0.112. The third kappa shape index (κ3) is 3.21. The van der Waals surface area contributed by atoms with Crippen LogP contribution in [-0.2, 0) is 9.63 Å². The van der Waals surface area contributed by atoms with Crippen molar-refractivity contribution in [2.24, 2.45) is 10.9 Å². The van der Waals surface area contributed by atoms with Gasteiger partial charge in [0.2, 0.25) is 0 Å². The molecule has 3 heterocycles. The fourth-order valence-corrected chi connectivity index (χ4v) is 3.79. The topological polar surface area (TPSA) is 102 Å². The highest BCUT2D eigenvalue weighted by Crippen LogP contribution is 2.36. The molecule has 0 radical (unpaired) electrons. The molecule has 26 heavy (non-hydrogen) atoms. The number of carbonyl (C=O) groups is 1. The predicted molar refractivity (Wildman–Crippen MR) is 102 cm³/mol. The van der Waals surface area contributed by atoms with E-state index in [0.717, 1.165) is 21.3 Å². The van der Waals surface area contributed by atoms with Gasteiger partial charge in [-0.05, 0) is 17.7 Å². The van der Waals surface area contributed by atoms with Crippen molar-refractivity contribution in [3.8, 4) is 11.1 Å². The number of fused-ring (bicyclic) bond motifs is 1. The third-order valence-corrected chi connectivity index (χ3v) is 5.18. The number of nitrogens with zero attached hydrogens (tertiary/aromatic N) is 3. The number of halogens is 1. The Labute approximate surface area is 157 Å². The van der Waals surface area contributed by atoms with Crippen LogP contribution >= 0.6 is 22.9 Å². The zero-order chi connectivity index (χ0) is 18.1. The summed E-state index contributed by atoms with van der Waals surface area (Å²) in [7, 11) is 0. The molecule has 1 aliphatic heterocycles. The first kappa shape index (κ1) is 16.7. The number of benzene rings is 1. The van der Waals surface area contributed by atoms with Crippen LogP contribution in [0.5, 0.6) is 0 Å². The van der Waals surface area contributed by atoms with Crippen molar-refractivity contribution in [1.29, 1.82) is 0 Å². The second kappa shape index (κ2) is 6.89. The Kier molecular flexibility index (Phi) is 4.44. The lowest BCUT2D eigenvalue weighted by Crippen LogP contribution is -2.26. The molecule has 3 N–H and O–H groups in total.